The number of thioether (sulfide) groups is 1. The first-order valence-electron chi connectivity index (χ1n) is 5.30. The fourth-order valence-electron chi connectivity index (χ4n) is 1.21. The molecule has 88 valence electrons. The van der Waals surface area contributed by atoms with Gasteiger partial charge >= 0.3 is 5.97 Å². The van der Waals surface area contributed by atoms with Crippen molar-refractivity contribution in [1.29, 1.82) is 0 Å². The molecule has 0 amide bonds. The standard InChI is InChI=1S/C12H16O3S/c1-2-15-10-5-7-11(8-6-10)16-9-3-4-12(13)14/h5-8H,2-4,9H2,1H3,(H,13,14). The van der Waals surface area contributed by atoms with Crippen molar-refractivity contribution in [2.24, 2.45) is 0 Å². The number of ether oxygens (including phenoxy) is 1. The highest BCUT2D eigenvalue weighted by atomic mass is 32.2. The molecule has 1 rings (SSSR count). The third-order valence-corrected chi connectivity index (χ3v) is 3.04. The van der Waals surface area contributed by atoms with E-state index in [-0.39, 0.29) is 6.42 Å². The zero-order chi connectivity index (χ0) is 11.8. The quantitative estimate of drug-likeness (QED) is 0.588. The highest BCUT2D eigenvalue weighted by Gasteiger charge is 1.98. The lowest BCUT2D eigenvalue weighted by Crippen LogP contribution is -1.94. The lowest BCUT2D eigenvalue weighted by atomic mass is 10.3. The maximum atomic E-state index is 10.3. The van der Waals surface area contributed by atoms with Crippen LogP contribution in [0.5, 0.6) is 5.75 Å². The zero-order valence-electron chi connectivity index (χ0n) is 9.31. The van der Waals surface area contributed by atoms with Gasteiger partial charge in [-0.2, -0.15) is 0 Å². The Morgan fingerprint density at radius 2 is 2.06 bits per heavy atom. The van der Waals surface area contributed by atoms with Crippen molar-refractivity contribution in [2.75, 3.05) is 12.4 Å². The van der Waals surface area contributed by atoms with Crippen LogP contribution in [0.1, 0.15) is 19.8 Å². The van der Waals surface area contributed by atoms with Gasteiger partial charge in [-0.1, -0.05) is 0 Å². The van der Waals surface area contributed by atoms with Crippen LogP contribution in [-0.2, 0) is 4.79 Å². The largest absolute Gasteiger partial charge is 0.494 e. The van der Waals surface area contributed by atoms with E-state index in [2.05, 4.69) is 0 Å². The summed E-state index contributed by atoms with van der Waals surface area (Å²) in [6.45, 7) is 2.62. The molecule has 1 aromatic carbocycles. The van der Waals surface area contributed by atoms with E-state index < -0.39 is 5.97 Å². The number of aliphatic carboxylic acids is 1. The molecule has 4 heteroatoms. The van der Waals surface area contributed by atoms with Crippen LogP contribution in [0.15, 0.2) is 29.2 Å². The smallest absolute Gasteiger partial charge is 0.303 e. The molecule has 0 aliphatic heterocycles. The molecule has 3 nitrogen and oxygen atoms in total. The summed E-state index contributed by atoms with van der Waals surface area (Å²) < 4.78 is 5.33. The van der Waals surface area contributed by atoms with Crippen molar-refractivity contribution in [3.05, 3.63) is 24.3 Å². The van der Waals surface area contributed by atoms with Crippen molar-refractivity contribution in [1.82, 2.24) is 0 Å². The van der Waals surface area contributed by atoms with Crippen LogP contribution >= 0.6 is 11.8 Å². The van der Waals surface area contributed by atoms with Crippen LogP contribution in [-0.4, -0.2) is 23.4 Å². The van der Waals surface area contributed by atoms with Gasteiger partial charge in [0.1, 0.15) is 5.75 Å². The summed E-state index contributed by atoms with van der Waals surface area (Å²) in [4.78, 5) is 11.4. The van der Waals surface area contributed by atoms with Gasteiger partial charge in [-0.05, 0) is 43.4 Å². The molecule has 0 saturated carbocycles. The molecule has 16 heavy (non-hydrogen) atoms. The summed E-state index contributed by atoms with van der Waals surface area (Å²) in [7, 11) is 0. The Balaban J connectivity index is 2.29. The minimum Gasteiger partial charge on any atom is -0.494 e. The van der Waals surface area contributed by atoms with E-state index in [1.54, 1.807) is 11.8 Å². The van der Waals surface area contributed by atoms with Gasteiger partial charge in [0.15, 0.2) is 0 Å². The summed E-state index contributed by atoms with van der Waals surface area (Å²) in [5.41, 5.74) is 0. The molecule has 0 aliphatic rings. The van der Waals surface area contributed by atoms with E-state index in [4.69, 9.17) is 9.84 Å². The number of carboxylic acid groups (broad SMARTS) is 1. The predicted molar refractivity (Wildman–Crippen MR) is 65.2 cm³/mol. The minimum absolute atomic E-state index is 0.240. The van der Waals surface area contributed by atoms with Crippen LogP contribution in [0.2, 0.25) is 0 Å². The van der Waals surface area contributed by atoms with Crippen LogP contribution < -0.4 is 4.74 Å². The molecule has 1 aromatic rings. The summed E-state index contributed by atoms with van der Waals surface area (Å²) in [6, 6.07) is 7.86. The average molecular weight is 240 g/mol. The minimum atomic E-state index is -0.729. The average Bonchev–Trinajstić information content (AvgIpc) is 2.27. The number of rotatable bonds is 7. The summed E-state index contributed by atoms with van der Waals surface area (Å²) >= 11 is 1.67. The van der Waals surface area contributed by atoms with Gasteiger partial charge < -0.3 is 9.84 Å². The van der Waals surface area contributed by atoms with Crippen molar-refractivity contribution < 1.29 is 14.6 Å². The third-order valence-electron chi connectivity index (χ3n) is 1.94. The number of hydrogen-bond acceptors (Lipinski definition) is 3. The summed E-state index contributed by atoms with van der Waals surface area (Å²) in [6.07, 6.45) is 0.942. The highest BCUT2D eigenvalue weighted by molar-refractivity contribution is 7.99. The molecule has 0 atom stereocenters. The Kier molecular flexibility index (Phi) is 5.78. The van der Waals surface area contributed by atoms with Crippen molar-refractivity contribution in [3.63, 3.8) is 0 Å². The molecule has 0 radical (unpaired) electrons. The van der Waals surface area contributed by atoms with Crippen LogP contribution in [0, 0.1) is 0 Å². The molecule has 0 heterocycles. The lowest BCUT2D eigenvalue weighted by Gasteiger charge is -2.04. The fourth-order valence-corrected chi connectivity index (χ4v) is 2.07. The summed E-state index contributed by atoms with van der Waals surface area (Å²) in [5.74, 6) is 0.977. The van der Waals surface area contributed by atoms with E-state index in [0.717, 1.165) is 16.4 Å². The van der Waals surface area contributed by atoms with Gasteiger partial charge in [-0.25, -0.2) is 0 Å². The Morgan fingerprint density at radius 1 is 1.38 bits per heavy atom. The number of hydrogen-bond donors (Lipinski definition) is 1. The van der Waals surface area contributed by atoms with Crippen LogP contribution in [0.25, 0.3) is 0 Å². The molecule has 0 fully saturated rings. The normalized spacial score (nSPS) is 10.1. The maximum absolute atomic E-state index is 10.3. The van der Waals surface area contributed by atoms with E-state index in [1.807, 2.05) is 31.2 Å². The fraction of sp³-hybridized carbons (Fsp3) is 0.417. The van der Waals surface area contributed by atoms with Gasteiger partial charge in [-0.15, -0.1) is 11.8 Å². The Hall–Kier alpha value is -1.16. The Bertz CT molecular complexity index is 322. The van der Waals surface area contributed by atoms with Crippen LogP contribution in [0.3, 0.4) is 0 Å². The second kappa shape index (κ2) is 7.17. The molecule has 0 unspecified atom stereocenters. The molecule has 0 saturated heterocycles. The first-order valence-corrected chi connectivity index (χ1v) is 6.28. The Labute approximate surface area is 99.8 Å². The number of benzene rings is 1. The van der Waals surface area contributed by atoms with Gasteiger partial charge in [0, 0.05) is 11.3 Å². The maximum Gasteiger partial charge on any atom is 0.303 e. The third kappa shape index (κ3) is 5.07. The van der Waals surface area contributed by atoms with Gasteiger partial charge in [0.05, 0.1) is 6.61 Å². The second-order valence-corrected chi connectivity index (χ2v) is 4.42. The van der Waals surface area contributed by atoms with Gasteiger partial charge in [-0.3, -0.25) is 4.79 Å². The van der Waals surface area contributed by atoms with Crippen LogP contribution in [0.4, 0.5) is 0 Å². The lowest BCUT2D eigenvalue weighted by molar-refractivity contribution is -0.137. The molecular formula is C12H16O3S. The highest BCUT2D eigenvalue weighted by Crippen LogP contribution is 2.22. The number of carbonyl (C=O) groups is 1. The van der Waals surface area contributed by atoms with Crippen molar-refractivity contribution in [3.8, 4) is 5.75 Å². The van der Waals surface area contributed by atoms with E-state index >= 15 is 0 Å². The topological polar surface area (TPSA) is 46.5 Å². The van der Waals surface area contributed by atoms with Gasteiger partial charge in [0.2, 0.25) is 0 Å². The monoisotopic (exact) mass is 240 g/mol. The van der Waals surface area contributed by atoms with E-state index in [0.29, 0.717) is 13.0 Å². The molecule has 0 spiro atoms. The predicted octanol–water partition coefficient (Wildman–Crippen LogP) is 3.04. The number of carboxylic acids is 1. The van der Waals surface area contributed by atoms with Gasteiger partial charge in [0.25, 0.3) is 0 Å². The SMILES string of the molecule is CCOc1ccc(SCCCC(=O)O)cc1. The molecular weight excluding hydrogens is 224 g/mol. The molecule has 0 aliphatic carbocycles. The van der Waals surface area contributed by atoms with E-state index in [9.17, 15) is 4.79 Å². The zero-order valence-corrected chi connectivity index (χ0v) is 10.1. The molecule has 0 bridgehead atoms. The first-order chi connectivity index (χ1) is 7.72. The van der Waals surface area contributed by atoms with E-state index in [1.165, 1.54) is 0 Å². The second-order valence-electron chi connectivity index (χ2n) is 3.25. The first kappa shape index (κ1) is 12.9. The Morgan fingerprint density at radius 3 is 2.62 bits per heavy atom. The van der Waals surface area contributed by atoms with Crippen molar-refractivity contribution >= 4 is 17.7 Å². The molecule has 1 N–H and O–H groups in total. The van der Waals surface area contributed by atoms with Crippen molar-refractivity contribution in [2.45, 2.75) is 24.7 Å². The summed E-state index contributed by atoms with van der Waals surface area (Å²) in [5, 5.41) is 8.48. The molecule has 0 aromatic heterocycles.